The predicted molar refractivity (Wildman–Crippen MR) is 62.0 cm³/mol. The minimum atomic E-state index is -0.473. The summed E-state index contributed by atoms with van der Waals surface area (Å²) in [6.07, 6.45) is 0.0255. The highest BCUT2D eigenvalue weighted by Crippen LogP contribution is 2.27. The molecule has 0 aliphatic heterocycles. The molecule has 88 valence electrons. The number of aromatic nitrogens is 1. The number of benzene rings is 1. The van der Waals surface area contributed by atoms with Gasteiger partial charge in [0.15, 0.2) is 0 Å². The second kappa shape index (κ2) is 4.46. The monoisotopic (exact) mass is 252 g/mol. The lowest BCUT2D eigenvalue weighted by molar-refractivity contribution is -0.384. The number of nitrogens with zero attached hydrogens (tertiary/aromatic N) is 2. The fourth-order valence-corrected chi connectivity index (χ4v) is 2.20. The van der Waals surface area contributed by atoms with E-state index in [9.17, 15) is 14.9 Å². The molecule has 0 saturated carbocycles. The number of rotatable bonds is 3. The first-order valence-electron chi connectivity index (χ1n) is 4.71. The summed E-state index contributed by atoms with van der Waals surface area (Å²) in [5, 5.41) is 11.3. The third kappa shape index (κ3) is 2.23. The quantitative estimate of drug-likeness (QED) is 0.473. The van der Waals surface area contributed by atoms with Gasteiger partial charge in [-0.1, -0.05) is 0 Å². The van der Waals surface area contributed by atoms with E-state index in [2.05, 4.69) is 9.11 Å². The standard InChI is InChI=1S/C10H8N2O4S/c1-16-10(13)5-8-7-4-6(12(14)15)2-3-9(7)17-11-8/h2-4H,5H2,1H3. The van der Waals surface area contributed by atoms with E-state index in [0.29, 0.717) is 11.1 Å². The molecule has 6 nitrogen and oxygen atoms in total. The predicted octanol–water partition coefficient (Wildman–Crippen LogP) is 1.92. The zero-order chi connectivity index (χ0) is 12.4. The normalized spacial score (nSPS) is 10.4. The van der Waals surface area contributed by atoms with E-state index in [1.165, 1.54) is 30.8 Å². The third-order valence-corrected chi connectivity index (χ3v) is 3.14. The zero-order valence-electron chi connectivity index (χ0n) is 8.87. The van der Waals surface area contributed by atoms with Gasteiger partial charge in [-0.2, -0.15) is 4.37 Å². The van der Waals surface area contributed by atoms with Gasteiger partial charge in [0, 0.05) is 17.5 Å². The van der Waals surface area contributed by atoms with Crippen LogP contribution in [-0.4, -0.2) is 22.4 Å². The molecule has 7 heteroatoms. The summed E-state index contributed by atoms with van der Waals surface area (Å²) >= 11 is 1.21. The highest BCUT2D eigenvalue weighted by molar-refractivity contribution is 7.13. The van der Waals surface area contributed by atoms with E-state index in [1.54, 1.807) is 6.07 Å². The molecule has 1 aromatic carbocycles. The lowest BCUT2D eigenvalue weighted by Crippen LogP contribution is -2.04. The Hall–Kier alpha value is -2.02. The SMILES string of the molecule is COC(=O)Cc1nsc2ccc([N+](=O)[O-])cc12. The van der Waals surface area contributed by atoms with Gasteiger partial charge >= 0.3 is 5.97 Å². The van der Waals surface area contributed by atoms with Crippen LogP contribution in [0.4, 0.5) is 5.69 Å². The van der Waals surface area contributed by atoms with Crippen molar-refractivity contribution in [1.82, 2.24) is 4.37 Å². The van der Waals surface area contributed by atoms with Gasteiger partial charge in [0.2, 0.25) is 0 Å². The Kier molecular flexibility index (Phi) is 3.01. The first-order chi connectivity index (χ1) is 8.11. The summed E-state index contributed by atoms with van der Waals surface area (Å²) < 4.78 is 9.46. The van der Waals surface area contributed by atoms with Crippen LogP contribution in [0.2, 0.25) is 0 Å². The van der Waals surface area contributed by atoms with Crippen molar-refractivity contribution >= 4 is 33.3 Å². The van der Waals surface area contributed by atoms with Gasteiger partial charge in [-0.3, -0.25) is 14.9 Å². The highest BCUT2D eigenvalue weighted by atomic mass is 32.1. The van der Waals surface area contributed by atoms with Gasteiger partial charge in [0.05, 0.1) is 28.8 Å². The van der Waals surface area contributed by atoms with Crippen LogP contribution >= 0.6 is 11.5 Å². The maximum Gasteiger partial charge on any atom is 0.311 e. The smallest absolute Gasteiger partial charge is 0.311 e. The molecule has 0 unspecified atom stereocenters. The van der Waals surface area contributed by atoms with E-state index < -0.39 is 10.9 Å². The lowest BCUT2D eigenvalue weighted by Gasteiger charge is -1.96. The van der Waals surface area contributed by atoms with Crippen molar-refractivity contribution in [1.29, 1.82) is 0 Å². The summed E-state index contributed by atoms with van der Waals surface area (Å²) in [7, 11) is 1.29. The summed E-state index contributed by atoms with van der Waals surface area (Å²) in [6, 6.07) is 4.48. The number of methoxy groups -OCH3 is 1. The van der Waals surface area contributed by atoms with Crippen LogP contribution in [0, 0.1) is 10.1 Å². The second-order valence-corrected chi connectivity index (χ2v) is 4.12. The number of fused-ring (bicyclic) bond motifs is 1. The van der Waals surface area contributed by atoms with Crippen LogP contribution in [-0.2, 0) is 16.0 Å². The summed E-state index contributed by atoms with van der Waals surface area (Å²) in [5.74, 6) is -0.413. The number of nitro benzene ring substituents is 1. The van der Waals surface area contributed by atoms with Crippen molar-refractivity contribution in [2.75, 3.05) is 7.11 Å². The van der Waals surface area contributed by atoms with Crippen LogP contribution < -0.4 is 0 Å². The molecule has 0 atom stereocenters. The Bertz CT molecular complexity index is 593. The minimum Gasteiger partial charge on any atom is -0.469 e. The van der Waals surface area contributed by atoms with Crippen LogP contribution in [0.25, 0.3) is 10.1 Å². The van der Waals surface area contributed by atoms with Crippen LogP contribution in [0.5, 0.6) is 0 Å². The van der Waals surface area contributed by atoms with Crippen LogP contribution in [0.3, 0.4) is 0 Å². The first-order valence-corrected chi connectivity index (χ1v) is 5.48. The number of hydrogen-bond donors (Lipinski definition) is 0. The van der Waals surface area contributed by atoms with Gasteiger partial charge in [-0.25, -0.2) is 0 Å². The Morgan fingerprint density at radius 2 is 2.35 bits per heavy atom. The van der Waals surface area contributed by atoms with E-state index in [1.807, 2.05) is 0 Å². The number of non-ortho nitro benzene ring substituents is 1. The molecule has 0 amide bonds. The van der Waals surface area contributed by atoms with Crippen molar-refractivity contribution in [2.24, 2.45) is 0 Å². The van der Waals surface area contributed by atoms with Gasteiger partial charge in [-0.15, -0.1) is 0 Å². The minimum absolute atomic E-state index is 0.0104. The highest BCUT2D eigenvalue weighted by Gasteiger charge is 2.14. The van der Waals surface area contributed by atoms with Crippen LogP contribution in [0.1, 0.15) is 5.69 Å². The molecule has 0 aliphatic rings. The van der Waals surface area contributed by atoms with E-state index >= 15 is 0 Å². The van der Waals surface area contributed by atoms with Crippen molar-refractivity contribution in [2.45, 2.75) is 6.42 Å². The average Bonchev–Trinajstić information content (AvgIpc) is 2.71. The summed E-state index contributed by atoms with van der Waals surface area (Å²) in [6.45, 7) is 0. The molecule has 1 aromatic heterocycles. The fraction of sp³-hybridized carbons (Fsp3) is 0.200. The van der Waals surface area contributed by atoms with E-state index in [-0.39, 0.29) is 12.1 Å². The van der Waals surface area contributed by atoms with Crippen molar-refractivity contribution in [3.05, 3.63) is 34.0 Å². The van der Waals surface area contributed by atoms with Crippen molar-refractivity contribution < 1.29 is 14.5 Å². The Labute approximate surface area is 100 Å². The van der Waals surface area contributed by atoms with E-state index in [0.717, 1.165) is 4.70 Å². The molecule has 2 aromatic rings. The molecule has 0 radical (unpaired) electrons. The fourth-order valence-electron chi connectivity index (χ4n) is 1.43. The molecule has 2 rings (SSSR count). The number of ether oxygens (including phenoxy) is 1. The number of nitro groups is 1. The maximum atomic E-state index is 11.2. The summed E-state index contributed by atoms with van der Waals surface area (Å²) in [5.41, 5.74) is 0.504. The summed E-state index contributed by atoms with van der Waals surface area (Å²) in [4.78, 5) is 21.3. The molecular formula is C10H8N2O4S. The Morgan fingerprint density at radius 1 is 1.59 bits per heavy atom. The Morgan fingerprint density at radius 3 is 3.00 bits per heavy atom. The molecule has 0 aliphatic carbocycles. The molecule has 0 bridgehead atoms. The molecular weight excluding hydrogens is 244 g/mol. The zero-order valence-corrected chi connectivity index (χ0v) is 9.69. The lowest BCUT2D eigenvalue weighted by atomic mass is 10.1. The maximum absolute atomic E-state index is 11.2. The largest absolute Gasteiger partial charge is 0.469 e. The molecule has 1 heterocycles. The van der Waals surface area contributed by atoms with Gasteiger partial charge in [0.25, 0.3) is 5.69 Å². The van der Waals surface area contributed by atoms with Crippen molar-refractivity contribution in [3.63, 3.8) is 0 Å². The molecule has 0 N–H and O–H groups in total. The third-order valence-electron chi connectivity index (χ3n) is 2.28. The molecule has 0 saturated heterocycles. The first kappa shape index (κ1) is 11.5. The number of hydrogen-bond acceptors (Lipinski definition) is 6. The Balaban J connectivity index is 2.46. The van der Waals surface area contributed by atoms with Gasteiger partial charge in [0.1, 0.15) is 0 Å². The van der Waals surface area contributed by atoms with Crippen LogP contribution in [0.15, 0.2) is 18.2 Å². The van der Waals surface area contributed by atoms with Gasteiger partial charge < -0.3 is 4.74 Å². The van der Waals surface area contributed by atoms with Crippen molar-refractivity contribution in [3.8, 4) is 0 Å². The van der Waals surface area contributed by atoms with E-state index in [4.69, 9.17) is 0 Å². The van der Waals surface area contributed by atoms with Gasteiger partial charge in [-0.05, 0) is 17.6 Å². The number of carbonyl (C=O) groups is 1. The second-order valence-electron chi connectivity index (χ2n) is 3.32. The molecule has 17 heavy (non-hydrogen) atoms. The number of esters is 1. The topological polar surface area (TPSA) is 82.3 Å². The molecule has 0 spiro atoms. The molecule has 0 fully saturated rings. The number of carbonyl (C=O) groups excluding carboxylic acids is 1. The average molecular weight is 252 g/mol.